The van der Waals surface area contributed by atoms with Gasteiger partial charge in [-0.15, -0.1) is 0 Å². The molecule has 0 bridgehead atoms. The number of hydrogen-bond acceptors (Lipinski definition) is 3. The average Bonchev–Trinajstić information content (AvgIpc) is 2.62. The fourth-order valence-corrected chi connectivity index (χ4v) is 2.35. The highest BCUT2D eigenvalue weighted by molar-refractivity contribution is 6.30. The lowest BCUT2D eigenvalue weighted by Gasteiger charge is -2.25. The van der Waals surface area contributed by atoms with Gasteiger partial charge in [-0.2, -0.15) is 5.26 Å². The third-order valence-electron chi connectivity index (χ3n) is 3.12. The van der Waals surface area contributed by atoms with E-state index in [9.17, 15) is 9.65 Å². The minimum absolute atomic E-state index is 0.352. The summed E-state index contributed by atoms with van der Waals surface area (Å²) in [5, 5.41) is 12.9. The summed E-state index contributed by atoms with van der Waals surface area (Å²) in [7, 11) is 0. The summed E-state index contributed by atoms with van der Waals surface area (Å²) in [5.41, 5.74) is 0.406. The zero-order chi connectivity index (χ0) is 13.0. The van der Waals surface area contributed by atoms with Gasteiger partial charge in [0.2, 0.25) is 0 Å². The van der Waals surface area contributed by atoms with Crippen molar-refractivity contribution in [2.24, 2.45) is 0 Å². The zero-order valence-electron chi connectivity index (χ0n) is 10.00. The number of rotatable bonds is 2. The molecule has 0 radical (unpaired) electrons. The first-order chi connectivity index (χ1) is 8.72. The van der Waals surface area contributed by atoms with Gasteiger partial charge < -0.3 is 5.32 Å². The van der Waals surface area contributed by atoms with Crippen LogP contribution in [0.15, 0.2) is 18.2 Å². The van der Waals surface area contributed by atoms with Gasteiger partial charge in [0.25, 0.3) is 0 Å². The maximum Gasteiger partial charge on any atom is 0.130 e. The molecule has 5 heteroatoms. The monoisotopic (exact) mass is 267 g/mol. The highest BCUT2D eigenvalue weighted by Crippen LogP contribution is 2.25. The van der Waals surface area contributed by atoms with Gasteiger partial charge >= 0.3 is 0 Å². The maximum atomic E-state index is 13.9. The third-order valence-corrected chi connectivity index (χ3v) is 3.35. The molecular weight excluding hydrogens is 253 g/mol. The fraction of sp³-hybridized carbons (Fsp3) is 0.462. The predicted octanol–water partition coefficient (Wildman–Crippen LogP) is 2.34. The molecule has 0 aromatic heterocycles. The van der Waals surface area contributed by atoms with Crippen LogP contribution in [0.5, 0.6) is 0 Å². The van der Waals surface area contributed by atoms with Gasteiger partial charge in [-0.05, 0) is 25.1 Å². The molecule has 1 heterocycles. The van der Waals surface area contributed by atoms with Crippen molar-refractivity contribution >= 4 is 11.6 Å². The topological polar surface area (TPSA) is 39.1 Å². The van der Waals surface area contributed by atoms with Gasteiger partial charge in [0.1, 0.15) is 11.9 Å². The van der Waals surface area contributed by atoms with Crippen molar-refractivity contribution < 1.29 is 4.39 Å². The average molecular weight is 268 g/mol. The van der Waals surface area contributed by atoms with E-state index in [0.717, 1.165) is 32.6 Å². The normalized spacial score (nSPS) is 18.9. The number of hydrogen-bond donors (Lipinski definition) is 1. The predicted molar refractivity (Wildman–Crippen MR) is 68.8 cm³/mol. The summed E-state index contributed by atoms with van der Waals surface area (Å²) < 4.78 is 13.9. The molecule has 1 aliphatic heterocycles. The summed E-state index contributed by atoms with van der Waals surface area (Å²) in [6.07, 6.45) is 0.966. The smallest absolute Gasteiger partial charge is 0.130 e. The van der Waals surface area contributed by atoms with E-state index in [4.69, 9.17) is 11.6 Å². The minimum Gasteiger partial charge on any atom is -0.315 e. The van der Waals surface area contributed by atoms with Crippen LogP contribution < -0.4 is 5.32 Å². The van der Waals surface area contributed by atoms with Crippen molar-refractivity contribution in [2.45, 2.75) is 12.5 Å². The van der Waals surface area contributed by atoms with Crippen LogP contribution in [0.3, 0.4) is 0 Å². The first kappa shape index (κ1) is 13.3. The second kappa shape index (κ2) is 6.14. The Morgan fingerprint density at radius 1 is 1.39 bits per heavy atom. The number of nitrogens with zero attached hydrogens (tertiary/aromatic N) is 2. The second-order valence-electron chi connectivity index (χ2n) is 4.34. The quantitative estimate of drug-likeness (QED) is 0.894. The van der Waals surface area contributed by atoms with Crippen LogP contribution in [0.2, 0.25) is 5.02 Å². The first-order valence-corrected chi connectivity index (χ1v) is 6.39. The molecular formula is C13H15ClFN3. The maximum absolute atomic E-state index is 13.9. The van der Waals surface area contributed by atoms with Crippen molar-refractivity contribution in [3.8, 4) is 6.07 Å². The lowest BCUT2D eigenvalue weighted by molar-refractivity contribution is 0.248. The van der Waals surface area contributed by atoms with Crippen LogP contribution in [0, 0.1) is 17.1 Å². The lowest BCUT2D eigenvalue weighted by atomic mass is 10.1. The standard InChI is InChI=1S/C13H15ClFN3/c14-10-2-3-11(12(15)8-10)13(9-16)18-6-1-4-17-5-7-18/h2-3,8,13,17H,1,4-7H2. The molecule has 18 heavy (non-hydrogen) atoms. The zero-order valence-corrected chi connectivity index (χ0v) is 10.8. The van der Waals surface area contributed by atoms with Gasteiger partial charge in [0.15, 0.2) is 0 Å². The van der Waals surface area contributed by atoms with E-state index in [2.05, 4.69) is 11.4 Å². The summed E-state index contributed by atoms with van der Waals surface area (Å²) in [4.78, 5) is 2.01. The van der Waals surface area contributed by atoms with E-state index in [1.807, 2.05) is 4.90 Å². The molecule has 1 aromatic carbocycles. The molecule has 1 aliphatic rings. The van der Waals surface area contributed by atoms with Crippen molar-refractivity contribution in [3.63, 3.8) is 0 Å². The molecule has 96 valence electrons. The van der Waals surface area contributed by atoms with Gasteiger partial charge in [-0.25, -0.2) is 4.39 Å². The molecule has 1 atom stereocenters. The van der Waals surface area contributed by atoms with E-state index in [1.165, 1.54) is 6.07 Å². The Hall–Kier alpha value is -1.15. The molecule has 2 rings (SSSR count). The lowest BCUT2D eigenvalue weighted by Crippen LogP contribution is -2.32. The Morgan fingerprint density at radius 3 is 2.94 bits per heavy atom. The Labute approximate surface area is 111 Å². The van der Waals surface area contributed by atoms with Crippen molar-refractivity contribution in [3.05, 3.63) is 34.6 Å². The van der Waals surface area contributed by atoms with Crippen LogP contribution in [-0.4, -0.2) is 31.1 Å². The summed E-state index contributed by atoms with van der Waals surface area (Å²) in [6, 6.07) is 6.14. The molecule has 3 nitrogen and oxygen atoms in total. The van der Waals surface area contributed by atoms with E-state index >= 15 is 0 Å². The van der Waals surface area contributed by atoms with Gasteiger partial charge in [-0.1, -0.05) is 17.7 Å². The SMILES string of the molecule is N#CC(c1ccc(Cl)cc1F)N1CCCNCC1. The summed E-state index contributed by atoms with van der Waals surface area (Å²) in [6.45, 7) is 3.32. The van der Waals surface area contributed by atoms with Crippen molar-refractivity contribution in [1.82, 2.24) is 10.2 Å². The van der Waals surface area contributed by atoms with Gasteiger partial charge in [0.05, 0.1) is 6.07 Å². The summed E-state index contributed by atoms with van der Waals surface area (Å²) >= 11 is 5.73. The first-order valence-electron chi connectivity index (χ1n) is 6.01. The van der Waals surface area contributed by atoms with Crippen LogP contribution in [0.4, 0.5) is 4.39 Å². The van der Waals surface area contributed by atoms with Gasteiger partial charge in [-0.3, -0.25) is 4.90 Å². The van der Waals surface area contributed by atoms with Crippen LogP contribution in [0.1, 0.15) is 18.0 Å². The second-order valence-corrected chi connectivity index (χ2v) is 4.77. The Kier molecular flexibility index (Phi) is 4.54. The number of halogens is 2. The van der Waals surface area contributed by atoms with Gasteiger partial charge in [0, 0.05) is 30.2 Å². The highest BCUT2D eigenvalue weighted by atomic mass is 35.5. The molecule has 1 aromatic rings. The van der Waals surface area contributed by atoms with Crippen LogP contribution in [-0.2, 0) is 0 Å². The Bertz CT molecular complexity index is 450. The highest BCUT2D eigenvalue weighted by Gasteiger charge is 2.23. The van der Waals surface area contributed by atoms with E-state index in [-0.39, 0.29) is 0 Å². The van der Waals surface area contributed by atoms with Crippen molar-refractivity contribution in [1.29, 1.82) is 5.26 Å². The molecule has 1 unspecified atom stereocenters. The Morgan fingerprint density at radius 2 is 2.22 bits per heavy atom. The van der Waals surface area contributed by atoms with Crippen LogP contribution in [0.25, 0.3) is 0 Å². The third kappa shape index (κ3) is 2.99. The number of nitrogens with one attached hydrogen (secondary N) is 1. The molecule has 0 aliphatic carbocycles. The molecule has 1 N–H and O–H groups in total. The summed E-state index contributed by atoms with van der Waals surface area (Å²) in [5.74, 6) is -0.411. The molecule has 1 saturated heterocycles. The molecule has 0 saturated carbocycles. The number of benzene rings is 1. The molecule has 0 amide bonds. The van der Waals surface area contributed by atoms with Crippen molar-refractivity contribution in [2.75, 3.05) is 26.2 Å². The van der Waals surface area contributed by atoms with E-state index in [0.29, 0.717) is 10.6 Å². The molecule has 0 spiro atoms. The van der Waals surface area contributed by atoms with E-state index < -0.39 is 11.9 Å². The van der Waals surface area contributed by atoms with E-state index in [1.54, 1.807) is 12.1 Å². The largest absolute Gasteiger partial charge is 0.315 e. The Balaban J connectivity index is 2.24. The minimum atomic E-state index is -0.540. The molecule has 1 fully saturated rings. The number of nitriles is 1. The van der Waals surface area contributed by atoms with Crippen LogP contribution >= 0.6 is 11.6 Å². The fourth-order valence-electron chi connectivity index (χ4n) is 2.20.